The monoisotopic (exact) mass is 388 g/mol. The average molecular weight is 389 g/mol. The Balaban J connectivity index is 2.28. The van der Waals surface area contributed by atoms with Gasteiger partial charge in [0, 0.05) is 25.9 Å². The van der Waals surface area contributed by atoms with Crippen LogP contribution in [0.2, 0.25) is 0 Å². The van der Waals surface area contributed by atoms with Crippen LogP contribution in [0.3, 0.4) is 0 Å². The number of hydrogen-bond acceptors (Lipinski definition) is 5. The van der Waals surface area contributed by atoms with Crippen LogP contribution in [0.4, 0.5) is 5.69 Å². The van der Waals surface area contributed by atoms with Gasteiger partial charge in [-0.25, -0.2) is 0 Å². The van der Waals surface area contributed by atoms with Crippen LogP contribution in [0.25, 0.3) is 10.1 Å². The van der Waals surface area contributed by atoms with Crippen LogP contribution >= 0.6 is 39.0 Å². The van der Waals surface area contributed by atoms with Crippen molar-refractivity contribution in [2.75, 3.05) is 18.6 Å². The lowest BCUT2D eigenvalue weighted by Crippen LogP contribution is -2.41. The van der Waals surface area contributed by atoms with Gasteiger partial charge in [0.25, 0.3) is 5.91 Å². The Hall–Kier alpha value is -0.760. The molecule has 2 rings (SSSR count). The lowest BCUT2D eigenvalue weighted by molar-refractivity contribution is 0.0941. The molecule has 1 amide bonds. The molecule has 0 saturated heterocycles. The highest BCUT2D eigenvalue weighted by Gasteiger charge is 2.22. The van der Waals surface area contributed by atoms with E-state index in [-0.39, 0.29) is 23.8 Å². The Kier molecular flexibility index (Phi) is 5.54. The van der Waals surface area contributed by atoms with Crippen LogP contribution in [0.15, 0.2) is 22.7 Å². The van der Waals surface area contributed by atoms with Crippen molar-refractivity contribution < 1.29 is 9.90 Å². The van der Waals surface area contributed by atoms with E-state index in [2.05, 4.69) is 21.2 Å². The standard InChI is InChI=1S/C14H17BrN2O2S2/c1-7(10(6-18)20-2)17-14(19)13-12(16)11-8(15)4-3-5-9(11)21-13/h3-5,7,10,18H,6,16H2,1-2H3,(H,17,19). The zero-order valence-corrected chi connectivity index (χ0v) is 14.9. The fraction of sp³-hybridized carbons (Fsp3) is 0.357. The number of rotatable bonds is 5. The molecule has 0 spiro atoms. The summed E-state index contributed by atoms with van der Waals surface area (Å²) in [5, 5.41) is 13.0. The summed E-state index contributed by atoms with van der Waals surface area (Å²) in [4.78, 5) is 12.9. The van der Waals surface area contributed by atoms with Crippen LogP contribution in [0.1, 0.15) is 16.6 Å². The lowest BCUT2D eigenvalue weighted by atomic mass is 10.2. The van der Waals surface area contributed by atoms with Gasteiger partial charge in [-0.1, -0.05) is 22.0 Å². The van der Waals surface area contributed by atoms with E-state index in [0.29, 0.717) is 10.6 Å². The molecule has 21 heavy (non-hydrogen) atoms. The molecule has 0 aliphatic rings. The molecule has 7 heteroatoms. The van der Waals surface area contributed by atoms with Crippen LogP contribution in [0, 0.1) is 0 Å². The summed E-state index contributed by atoms with van der Waals surface area (Å²) in [5.41, 5.74) is 6.62. The summed E-state index contributed by atoms with van der Waals surface area (Å²) in [6.45, 7) is 1.91. The first-order valence-electron chi connectivity index (χ1n) is 6.40. The Morgan fingerprint density at radius 1 is 1.57 bits per heavy atom. The largest absolute Gasteiger partial charge is 0.397 e. The number of fused-ring (bicyclic) bond motifs is 1. The Bertz CT molecular complexity index is 656. The van der Waals surface area contributed by atoms with Crippen molar-refractivity contribution in [2.24, 2.45) is 0 Å². The third kappa shape index (κ3) is 3.36. The maximum atomic E-state index is 12.4. The van der Waals surface area contributed by atoms with E-state index in [1.807, 2.05) is 31.4 Å². The molecule has 1 heterocycles. The van der Waals surface area contributed by atoms with Gasteiger partial charge >= 0.3 is 0 Å². The number of nitrogen functional groups attached to an aromatic ring is 1. The van der Waals surface area contributed by atoms with Gasteiger partial charge in [-0.15, -0.1) is 11.3 Å². The van der Waals surface area contributed by atoms with Crippen LogP contribution < -0.4 is 11.1 Å². The molecule has 2 aromatic rings. The third-order valence-corrected chi connectivity index (χ3v) is 6.30. The average Bonchev–Trinajstić information content (AvgIpc) is 2.79. The minimum absolute atomic E-state index is 0.0239. The molecule has 1 aromatic carbocycles. The normalized spacial score (nSPS) is 14.1. The quantitative estimate of drug-likeness (QED) is 0.735. The zero-order valence-electron chi connectivity index (χ0n) is 11.7. The van der Waals surface area contributed by atoms with Crippen molar-refractivity contribution in [3.8, 4) is 0 Å². The third-order valence-electron chi connectivity index (χ3n) is 3.31. The van der Waals surface area contributed by atoms with Gasteiger partial charge in [-0.05, 0) is 25.3 Å². The molecule has 0 aliphatic heterocycles. The molecule has 4 N–H and O–H groups in total. The van der Waals surface area contributed by atoms with Crippen molar-refractivity contribution >= 4 is 60.7 Å². The maximum Gasteiger partial charge on any atom is 0.263 e. The number of carbonyl (C=O) groups is 1. The van der Waals surface area contributed by atoms with Crippen molar-refractivity contribution in [2.45, 2.75) is 18.2 Å². The van der Waals surface area contributed by atoms with Gasteiger partial charge in [0.1, 0.15) is 4.88 Å². The van der Waals surface area contributed by atoms with E-state index in [0.717, 1.165) is 14.6 Å². The molecule has 4 nitrogen and oxygen atoms in total. The van der Waals surface area contributed by atoms with E-state index >= 15 is 0 Å². The van der Waals surface area contributed by atoms with Crippen LogP contribution in [-0.2, 0) is 0 Å². The number of anilines is 1. The molecule has 2 atom stereocenters. The predicted molar refractivity (Wildman–Crippen MR) is 95.3 cm³/mol. The Morgan fingerprint density at radius 2 is 2.29 bits per heavy atom. The first-order chi connectivity index (χ1) is 9.99. The number of nitrogens with one attached hydrogen (secondary N) is 1. The van der Waals surface area contributed by atoms with E-state index in [1.54, 1.807) is 0 Å². The van der Waals surface area contributed by atoms with Gasteiger partial charge < -0.3 is 16.2 Å². The van der Waals surface area contributed by atoms with Gasteiger partial charge in [0.15, 0.2) is 0 Å². The second-order valence-electron chi connectivity index (χ2n) is 4.68. The van der Waals surface area contributed by atoms with Crippen LogP contribution in [-0.4, -0.2) is 35.2 Å². The molecule has 0 saturated carbocycles. The molecular formula is C14H17BrN2O2S2. The smallest absolute Gasteiger partial charge is 0.263 e. The zero-order chi connectivity index (χ0) is 15.6. The van der Waals surface area contributed by atoms with Gasteiger partial charge in [0.05, 0.1) is 12.3 Å². The summed E-state index contributed by atoms with van der Waals surface area (Å²) < 4.78 is 1.86. The van der Waals surface area contributed by atoms with Gasteiger partial charge in [-0.2, -0.15) is 11.8 Å². The number of thiophene rings is 1. The fourth-order valence-electron chi connectivity index (χ4n) is 2.10. The Labute approximate surface area is 140 Å². The number of aliphatic hydroxyl groups is 1. The summed E-state index contributed by atoms with van der Waals surface area (Å²) in [6.07, 6.45) is 1.91. The number of halogens is 1. The first-order valence-corrected chi connectivity index (χ1v) is 9.30. The summed E-state index contributed by atoms with van der Waals surface area (Å²) in [5.74, 6) is -0.194. The molecule has 2 unspecified atom stereocenters. The number of thioether (sulfide) groups is 1. The molecule has 0 bridgehead atoms. The SMILES string of the molecule is CSC(CO)C(C)NC(=O)c1sc2cccc(Br)c2c1N. The predicted octanol–water partition coefficient (Wildman–Crippen LogP) is 3.09. The van der Waals surface area contributed by atoms with Gasteiger partial charge in [0.2, 0.25) is 0 Å². The number of aliphatic hydroxyl groups excluding tert-OH is 1. The maximum absolute atomic E-state index is 12.4. The second-order valence-corrected chi connectivity index (χ2v) is 7.66. The van der Waals surface area contributed by atoms with Crippen LogP contribution in [0.5, 0.6) is 0 Å². The summed E-state index contributed by atoms with van der Waals surface area (Å²) >= 11 is 6.37. The number of carbonyl (C=O) groups excluding carboxylic acids is 1. The highest BCUT2D eigenvalue weighted by atomic mass is 79.9. The summed E-state index contributed by atoms with van der Waals surface area (Å²) in [7, 11) is 0. The lowest BCUT2D eigenvalue weighted by Gasteiger charge is -2.21. The molecular weight excluding hydrogens is 372 g/mol. The number of amides is 1. The molecule has 0 aliphatic carbocycles. The minimum atomic E-state index is -0.194. The van der Waals surface area contributed by atoms with E-state index < -0.39 is 0 Å². The molecule has 0 fully saturated rings. The van der Waals surface area contributed by atoms with Crippen molar-refractivity contribution in [1.29, 1.82) is 0 Å². The van der Waals surface area contributed by atoms with E-state index in [4.69, 9.17) is 5.73 Å². The second kappa shape index (κ2) is 7.00. The number of benzene rings is 1. The first kappa shape index (κ1) is 16.6. The van der Waals surface area contributed by atoms with E-state index in [9.17, 15) is 9.90 Å². The van der Waals surface area contributed by atoms with Gasteiger partial charge in [-0.3, -0.25) is 4.79 Å². The molecule has 114 valence electrons. The highest BCUT2D eigenvalue weighted by molar-refractivity contribution is 9.10. The summed E-state index contributed by atoms with van der Waals surface area (Å²) in [6, 6.07) is 5.64. The topological polar surface area (TPSA) is 75.3 Å². The fourth-order valence-corrected chi connectivity index (χ4v) is 4.49. The van der Waals surface area contributed by atoms with Crippen molar-refractivity contribution in [3.63, 3.8) is 0 Å². The highest BCUT2D eigenvalue weighted by Crippen LogP contribution is 2.38. The van der Waals surface area contributed by atoms with Crippen molar-refractivity contribution in [3.05, 3.63) is 27.5 Å². The minimum Gasteiger partial charge on any atom is -0.397 e. The number of hydrogen-bond donors (Lipinski definition) is 3. The van der Waals surface area contributed by atoms with Crippen molar-refractivity contribution in [1.82, 2.24) is 5.32 Å². The molecule has 1 aromatic heterocycles. The molecule has 0 radical (unpaired) electrons. The number of nitrogens with two attached hydrogens (primary N) is 1. The Morgan fingerprint density at radius 3 is 2.86 bits per heavy atom. The van der Waals surface area contributed by atoms with E-state index in [1.165, 1.54) is 23.1 Å².